The molecule has 0 aliphatic heterocycles. The Kier molecular flexibility index (Phi) is 10.8. The quantitative estimate of drug-likeness (QED) is 0.170. The van der Waals surface area contributed by atoms with Gasteiger partial charge in [0.25, 0.3) is 0 Å². The normalized spacial score (nSPS) is 12.2. The van der Waals surface area contributed by atoms with E-state index in [2.05, 4.69) is 44.8 Å². The maximum atomic E-state index is 6.01. The maximum Gasteiger partial charge on any atom is 0.246 e. The number of ether oxygens (including phenoxy) is 1. The van der Waals surface area contributed by atoms with Crippen molar-refractivity contribution in [2.45, 2.75) is 26.0 Å². The van der Waals surface area contributed by atoms with Crippen molar-refractivity contribution in [3.63, 3.8) is 0 Å². The Morgan fingerprint density at radius 2 is 1.97 bits per heavy atom. The highest BCUT2D eigenvalue weighted by Gasteiger charge is 2.10. The third-order valence-electron chi connectivity index (χ3n) is 4.43. The second kappa shape index (κ2) is 13.3. The average Bonchev–Trinajstić information content (AvgIpc) is 3.25. The van der Waals surface area contributed by atoms with Crippen LogP contribution in [0.15, 0.2) is 64.1 Å². The Morgan fingerprint density at radius 3 is 2.71 bits per heavy atom. The van der Waals surface area contributed by atoms with Crippen molar-refractivity contribution in [1.82, 2.24) is 20.8 Å². The summed E-state index contributed by atoms with van der Waals surface area (Å²) in [5.41, 5.74) is 1.99. The number of benzene rings is 2. The molecule has 1 atom stereocenters. The Labute approximate surface area is 204 Å². The summed E-state index contributed by atoms with van der Waals surface area (Å²) < 4.78 is 11.2. The largest absolute Gasteiger partial charge is 0.374 e. The molecule has 1 aromatic heterocycles. The standard InChI is InChI=1S/C22H26ClN5O2.HI/c1-16(17-8-4-3-5-9-17)29-13-7-12-25-22(24-2)26-15-20-27-21(28-30-20)18-10-6-11-19(23)14-18;/h3-6,8-11,14,16H,7,12-13,15H2,1-2H3,(H2,24,25,26);1H. The molecule has 0 radical (unpaired) electrons. The van der Waals surface area contributed by atoms with Gasteiger partial charge in [0.05, 0.1) is 12.6 Å². The lowest BCUT2D eigenvalue weighted by Gasteiger charge is -2.14. The molecule has 9 heteroatoms. The van der Waals surface area contributed by atoms with E-state index in [-0.39, 0.29) is 30.1 Å². The molecule has 0 saturated heterocycles. The van der Waals surface area contributed by atoms with E-state index in [1.807, 2.05) is 30.3 Å². The fourth-order valence-electron chi connectivity index (χ4n) is 2.81. The number of aliphatic imine (C=N–C) groups is 1. The van der Waals surface area contributed by atoms with Crippen LogP contribution in [0.3, 0.4) is 0 Å². The van der Waals surface area contributed by atoms with Crippen LogP contribution >= 0.6 is 35.6 Å². The number of rotatable bonds is 9. The van der Waals surface area contributed by atoms with E-state index < -0.39 is 0 Å². The van der Waals surface area contributed by atoms with E-state index in [9.17, 15) is 0 Å². The molecular formula is C22H27ClIN5O2. The third kappa shape index (κ3) is 8.12. The van der Waals surface area contributed by atoms with Crippen molar-refractivity contribution < 1.29 is 9.26 Å². The smallest absolute Gasteiger partial charge is 0.246 e. The summed E-state index contributed by atoms with van der Waals surface area (Å²) in [5, 5.41) is 11.0. The first kappa shape index (κ1) is 25.1. The first-order chi connectivity index (χ1) is 14.7. The third-order valence-corrected chi connectivity index (χ3v) is 4.67. The molecule has 166 valence electrons. The minimum atomic E-state index is 0. The molecule has 1 unspecified atom stereocenters. The second-order valence-electron chi connectivity index (χ2n) is 6.65. The van der Waals surface area contributed by atoms with Gasteiger partial charge in [0.2, 0.25) is 11.7 Å². The molecule has 3 aromatic rings. The first-order valence-corrected chi connectivity index (χ1v) is 10.2. The van der Waals surface area contributed by atoms with Gasteiger partial charge in [0.15, 0.2) is 5.96 Å². The molecule has 0 aliphatic carbocycles. The molecule has 2 N–H and O–H groups in total. The van der Waals surface area contributed by atoms with Gasteiger partial charge in [0, 0.05) is 30.8 Å². The van der Waals surface area contributed by atoms with Crippen LogP contribution in [-0.4, -0.2) is 36.3 Å². The van der Waals surface area contributed by atoms with Gasteiger partial charge >= 0.3 is 0 Å². The van der Waals surface area contributed by atoms with Crippen LogP contribution in [0.1, 0.15) is 30.9 Å². The van der Waals surface area contributed by atoms with Crippen molar-refractivity contribution in [2.75, 3.05) is 20.2 Å². The van der Waals surface area contributed by atoms with E-state index in [0.717, 1.165) is 18.5 Å². The van der Waals surface area contributed by atoms with E-state index >= 15 is 0 Å². The number of hydrogen-bond donors (Lipinski definition) is 2. The average molecular weight is 556 g/mol. The van der Waals surface area contributed by atoms with Gasteiger partial charge < -0.3 is 19.9 Å². The molecule has 3 rings (SSSR count). The summed E-state index contributed by atoms with van der Waals surface area (Å²) in [6.45, 7) is 3.82. The van der Waals surface area contributed by atoms with E-state index in [1.54, 1.807) is 19.2 Å². The van der Waals surface area contributed by atoms with Crippen molar-refractivity contribution in [3.05, 3.63) is 71.1 Å². The van der Waals surface area contributed by atoms with E-state index in [0.29, 0.717) is 35.8 Å². The van der Waals surface area contributed by atoms with Gasteiger partial charge in [-0.25, -0.2) is 0 Å². The summed E-state index contributed by atoms with van der Waals surface area (Å²) in [6, 6.07) is 17.5. The SMILES string of the molecule is CN=C(NCCCOC(C)c1ccccc1)NCc1nc(-c2cccc(Cl)c2)no1.I. The highest BCUT2D eigenvalue weighted by Crippen LogP contribution is 2.20. The van der Waals surface area contributed by atoms with Gasteiger partial charge in [0.1, 0.15) is 0 Å². The molecule has 0 bridgehead atoms. The zero-order valence-corrected chi connectivity index (χ0v) is 20.6. The lowest BCUT2D eigenvalue weighted by molar-refractivity contribution is 0.0646. The second-order valence-corrected chi connectivity index (χ2v) is 7.09. The Bertz CT molecular complexity index is 952. The van der Waals surface area contributed by atoms with Gasteiger partial charge in [-0.3, -0.25) is 4.99 Å². The topological polar surface area (TPSA) is 84.6 Å². The summed E-state index contributed by atoms with van der Waals surface area (Å²) in [4.78, 5) is 8.59. The van der Waals surface area contributed by atoms with Crippen LogP contribution in [0, 0.1) is 0 Å². The molecule has 7 nitrogen and oxygen atoms in total. The molecule has 0 fully saturated rings. The van der Waals surface area contributed by atoms with Gasteiger partial charge in [-0.05, 0) is 31.0 Å². The molecule has 31 heavy (non-hydrogen) atoms. The van der Waals surface area contributed by atoms with Gasteiger partial charge in [-0.15, -0.1) is 24.0 Å². The van der Waals surface area contributed by atoms with Crippen molar-refractivity contribution >= 4 is 41.5 Å². The Morgan fingerprint density at radius 1 is 1.16 bits per heavy atom. The fraction of sp³-hybridized carbons (Fsp3) is 0.318. The summed E-state index contributed by atoms with van der Waals surface area (Å²) in [6.07, 6.45) is 0.937. The maximum absolute atomic E-state index is 6.01. The Hall–Kier alpha value is -2.17. The molecule has 2 aromatic carbocycles. The highest BCUT2D eigenvalue weighted by molar-refractivity contribution is 14.0. The predicted octanol–water partition coefficient (Wildman–Crippen LogP) is 4.84. The minimum absolute atomic E-state index is 0. The molecule has 0 amide bonds. The van der Waals surface area contributed by atoms with Crippen molar-refractivity contribution in [2.24, 2.45) is 4.99 Å². The fourth-order valence-corrected chi connectivity index (χ4v) is 3.00. The zero-order chi connectivity index (χ0) is 21.2. The molecule has 0 spiro atoms. The number of guanidine groups is 1. The van der Waals surface area contributed by atoms with Gasteiger partial charge in [-0.2, -0.15) is 4.98 Å². The van der Waals surface area contributed by atoms with Gasteiger partial charge in [-0.1, -0.05) is 59.2 Å². The number of hydrogen-bond acceptors (Lipinski definition) is 5. The molecular weight excluding hydrogens is 529 g/mol. The monoisotopic (exact) mass is 555 g/mol. The summed E-state index contributed by atoms with van der Waals surface area (Å²) >= 11 is 6.01. The van der Waals surface area contributed by atoms with Crippen LogP contribution in [0.25, 0.3) is 11.4 Å². The molecule has 1 heterocycles. The number of aromatic nitrogens is 2. The lowest BCUT2D eigenvalue weighted by Crippen LogP contribution is -2.37. The number of nitrogens with zero attached hydrogens (tertiary/aromatic N) is 3. The van der Waals surface area contributed by atoms with E-state index in [4.69, 9.17) is 20.9 Å². The van der Waals surface area contributed by atoms with Crippen molar-refractivity contribution in [3.8, 4) is 11.4 Å². The predicted molar refractivity (Wildman–Crippen MR) is 134 cm³/mol. The van der Waals surface area contributed by atoms with Crippen LogP contribution in [0.2, 0.25) is 5.02 Å². The number of nitrogens with one attached hydrogen (secondary N) is 2. The molecule has 0 saturated carbocycles. The summed E-state index contributed by atoms with van der Waals surface area (Å²) in [7, 11) is 1.72. The number of halogens is 2. The van der Waals surface area contributed by atoms with Crippen LogP contribution in [0.4, 0.5) is 0 Å². The highest BCUT2D eigenvalue weighted by atomic mass is 127. The van der Waals surface area contributed by atoms with E-state index in [1.165, 1.54) is 5.56 Å². The van der Waals surface area contributed by atoms with Crippen molar-refractivity contribution in [1.29, 1.82) is 0 Å². The van der Waals surface area contributed by atoms with Crippen LogP contribution < -0.4 is 10.6 Å². The van der Waals surface area contributed by atoms with Crippen LogP contribution in [0.5, 0.6) is 0 Å². The zero-order valence-electron chi connectivity index (χ0n) is 17.5. The summed E-state index contributed by atoms with van der Waals surface area (Å²) in [5.74, 6) is 1.63. The lowest BCUT2D eigenvalue weighted by atomic mass is 10.1. The minimum Gasteiger partial charge on any atom is -0.374 e. The molecule has 0 aliphatic rings. The van der Waals surface area contributed by atoms with Crippen LogP contribution in [-0.2, 0) is 11.3 Å². The first-order valence-electron chi connectivity index (χ1n) is 9.85. The Balaban J connectivity index is 0.00000341.